The van der Waals surface area contributed by atoms with Gasteiger partial charge in [0.25, 0.3) is 0 Å². The second-order valence-corrected chi connectivity index (χ2v) is 4.92. The number of aryl methyl sites for hydroxylation is 2. The van der Waals surface area contributed by atoms with Crippen molar-refractivity contribution in [2.45, 2.75) is 53.4 Å². The molecule has 1 heteroatoms. The highest BCUT2D eigenvalue weighted by Gasteiger charge is 2.11. The summed E-state index contributed by atoms with van der Waals surface area (Å²) in [6.07, 6.45) is 6.77. The van der Waals surface area contributed by atoms with Gasteiger partial charge < -0.3 is 4.74 Å². The van der Waals surface area contributed by atoms with Crippen molar-refractivity contribution in [3.8, 4) is 5.75 Å². The lowest BCUT2D eigenvalue weighted by Crippen LogP contribution is -2.01. The number of hydrogen-bond donors (Lipinski definition) is 0. The SMILES string of the molecule is CC/C=C\CC(C)c1c(C)cc(OCC)cc1C. The molecule has 0 bridgehead atoms. The van der Waals surface area contributed by atoms with Gasteiger partial charge in [-0.05, 0) is 68.4 Å². The Balaban J connectivity index is 2.91. The van der Waals surface area contributed by atoms with Crippen molar-refractivity contribution in [1.82, 2.24) is 0 Å². The Kier molecular flexibility index (Phi) is 5.97. The normalized spacial score (nSPS) is 12.9. The molecule has 0 fully saturated rings. The Bertz CT molecular complexity index is 381. The fraction of sp³-hybridized carbons (Fsp3) is 0.529. The summed E-state index contributed by atoms with van der Waals surface area (Å²) < 4.78 is 5.59. The molecule has 100 valence electrons. The molecule has 0 radical (unpaired) electrons. The van der Waals surface area contributed by atoms with Crippen LogP contribution >= 0.6 is 0 Å². The lowest BCUT2D eigenvalue weighted by molar-refractivity contribution is 0.339. The van der Waals surface area contributed by atoms with Gasteiger partial charge in [0.15, 0.2) is 0 Å². The summed E-state index contributed by atoms with van der Waals surface area (Å²) in [6.45, 7) is 11.6. The Morgan fingerprint density at radius 1 is 1.11 bits per heavy atom. The Labute approximate surface area is 112 Å². The van der Waals surface area contributed by atoms with Crippen molar-refractivity contribution in [3.05, 3.63) is 41.0 Å². The van der Waals surface area contributed by atoms with Crippen LogP contribution in [0.1, 0.15) is 56.2 Å². The van der Waals surface area contributed by atoms with Crippen LogP contribution in [0.2, 0.25) is 0 Å². The van der Waals surface area contributed by atoms with E-state index in [2.05, 4.69) is 52.0 Å². The van der Waals surface area contributed by atoms with E-state index in [1.54, 1.807) is 0 Å². The summed E-state index contributed by atoms with van der Waals surface area (Å²) in [7, 11) is 0. The first-order valence-electron chi connectivity index (χ1n) is 6.99. The van der Waals surface area contributed by atoms with Crippen molar-refractivity contribution < 1.29 is 4.74 Å². The fourth-order valence-corrected chi connectivity index (χ4v) is 2.55. The summed E-state index contributed by atoms with van der Waals surface area (Å²) in [5.74, 6) is 1.57. The highest BCUT2D eigenvalue weighted by atomic mass is 16.5. The standard InChI is InChI=1S/C17H26O/c1-6-8-9-10-13(3)17-14(4)11-16(18-7-2)12-15(17)5/h8-9,11-13H,6-7,10H2,1-5H3/b9-8-. The molecule has 0 heterocycles. The molecule has 1 nitrogen and oxygen atoms in total. The maximum Gasteiger partial charge on any atom is 0.119 e. The van der Waals surface area contributed by atoms with E-state index >= 15 is 0 Å². The molecule has 1 aromatic carbocycles. The third-order valence-electron chi connectivity index (χ3n) is 3.26. The first kappa shape index (κ1) is 14.8. The molecule has 0 amide bonds. The van der Waals surface area contributed by atoms with Gasteiger partial charge in [-0.15, -0.1) is 0 Å². The minimum Gasteiger partial charge on any atom is -0.494 e. The lowest BCUT2D eigenvalue weighted by Gasteiger charge is -2.18. The van der Waals surface area contributed by atoms with Crippen LogP contribution in [0.5, 0.6) is 5.75 Å². The van der Waals surface area contributed by atoms with Crippen LogP contribution in [0.25, 0.3) is 0 Å². The van der Waals surface area contributed by atoms with Gasteiger partial charge in [-0.2, -0.15) is 0 Å². The lowest BCUT2D eigenvalue weighted by atomic mass is 9.89. The van der Waals surface area contributed by atoms with E-state index in [9.17, 15) is 0 Å². The summed E-state index contributed by atoms with van der Waals surface area (Å²) >= 11 is 0. The second kappa shape index (κ2) is 7.25. The number of allylic oxidation sites excluding steroid dienone is 2. The maximum absolute atomic E-state index is 5.59. The molecule has 0 aliphatic rings. The minimum absolute atomic E-state index is 0.573. The highest BCUT2D eigenvalue weighted by Crippen LogP contribution is 2.30. The number of ether oxygens (including phenoxy) is 1. The van der Waals surface area contributed by atoms with Crippen LogP contribution in [0.3, 0.4) is 0 Å². The van der Waals surface area contributed by atoms with Crippen LogP contribution in [0.15, 0.2) is 24.3 Å². The average molecular weight is 246 g/mol. The van der Waals surface area contributed by atoms with Crippen molar-refractivity contribution in [2.75, 3.05) is 6.61 Å². The Hall–Kier alpha value is -1.24. The molecule has 0 aromatic heterocycles. The van der Waals surface area contributed by atoms with Crippen LogP contribution < -0.4 is 4.74 Å². The largest absolute Gasteiger partial charge is 0.494 e. The molecule has 0 spiro atoms. The van der Waals surface area contributed by atoms with Crippen LogP contribution in [-0.2, 0) is 0 Å². The average Bonchev–Trinajstić information content (AvgIpc) is 2.28. The molecule has 0 saturated carbocycles. The molecule has 1 unspecified atom stereocenters. The third kappa shape index (κ3) is 3.90. The zero-order valence-electron chi connectivity index (χ0n) is 12.4. The molecule has 0 saturated heterocycles. The molecule has 1 aromatic rings. The topological polar surface area (TPSA) is 9.23 Å². The van der Waals surface area contributed by atoms with Crippen LogP contribution in [0.4, 0.5) is 0 Å². The van der Waals surface area contributed by atoms with E-state index in [0.29, 0.717) is 5.92 Å². The first-order valence-corrected chi connectivity index (χ1v) is 6.99. The minimum atomic E-state index is 0.573. The van der Waals surface area contributed by atoms with Crippen LogP contribution in [0, 0.1) is 13.8 Å². The molecule has 0 aliphatic carbocycles. The zero-order chi connectivity index (χ0) is 13.5. The Morgan fingerprint density at radius 2 is 1.72 bits per heavy atom. The van der Waals surface area contributed by atoms with E-state index in [-0.39, 0.29) is 0 Å². The van der Waals surface area contributed by atoms with Gasteiger partial charge in [0.2, 0.25) is 0 Å². The summed E-state index contributed by atoms with van der Waals surface area (Å²) in [4.78, 5) is 0. The summed E-state index contributed by atoms with van der Waals surface area (Å²) in [5.41, 5.74) is 4.16. The van der Waals surface area contributed by atoms with Gasteiger partial charge in [0, 0.05) is 0 Å². The molecule has 0 N–H and O–H groups in total. The van der Waals surface area contributed by atoms with Gasteiger partial charge in [-0.25, -0.2) is 0 Å². The number of benzene rings is 1. The van der Waals surface area contributed by atoms with Gasteiger partial charge in [0.1, 0.15) is 5.75 Å². The van der Waals surface area contributed by atoms with E-state index in [4.69, 9.17) is 4.74 Å². The van der Waals surface area contributed by atoms with Gasteiger partial charge in [0.05, 0.1) is 6.61 Å². The summed E-state index contributed by atoms with van der Waals surface area (Å²) in [5, 5.41) is 0. The first-order chi connectivity index (χ1) is 8.60. The number of hydrogen-bond acceptors (Lipinski definition) is 1. The maximum atomic E-state index is 5.59. The Morgan fingerprint density at radius 3 is 2.22 bits per heavy atom. The van der Waals surface area contributed by atoms with Crippen LogP contribution in [-0.4, -0.2) is 6.61 Å². The van der Waals surface area contributed by atoms with Crippen molar-refractivity contribution >= 4 is 0 Å². The zero-order valence-corrected chi connectivity index (χ0v) is 12.4. The van der Waals surface area contributed by atoms with Crippen molar-refractivity contribution in [3.63, 3.8) is 0 Å². The quantitative estimate of drug-likeness (QED) is 0.630. The van der Waals surface area contributed by atoms with Gasteiger partial charge >= 0.3 is 0 Å². The fourth-order valence-electron chi connectivity index (χ4n) is 2.55. The third-order valence-corrected chi connectivity index (χ3v) is 3.26. The van der Waals surface area contributed by atoms with Crippen molar-refractivity contribution in [2.24, 2.45) is 0 Å². The van der Waals surface area contributed by atoms with E-state index in [1.165, 1.54) is 16.7 Å². The smallest absolute Gasteiger partial charge is 0.119 e. The molecular weight excluding hydrogens is 220 g/mol. The van der Waals surface area contributed by atoms with E-state index < -0.39 is 0 Å². The number of rotatable bonds is 6. The van der Waals surface area contributed by atoms with Gasteiger partial charge in [-0.3, -0.25) is 0 Å². The second-order valence-electron chi connectivity index (χ2n) is 4.92. The summed E-state index contributed by atoms with van der Waals surface area (Å²) in [6, 6.07) is 4.32. The molecule has 18 heavy (non-hydrogen) atoms. The predicted molar refractivity (Wildman–Crippen MR) is 79.5 cm³/mol. The van der Waals surface area contributed by atoms with Crippen molar-refractivity contribution in [1.29, 1.82) is 0 Å². The molecular formula is C17H26O. The van der Waals surface area contributed by atoms with Gasteiger partial charge in [-0.1, -0.05) is 26.0 Å². The predicted octanol–water partition coefficient (Wildman–Crippen LogP) is 5.16. The highest BCUT2D eigenvalue weighted by molar-refractivity contribution is 5.43. The molecule has 1 rings (SSSR count). The van der Waals surface area contributed by atoms with E-state index in [0.717, 1.165) is 25.2 Å². The molecule has 0 aliphatic heterocycles. The monoisotopic (exact) mass is 246 g/mol. The molecule has 1 atom stereocenters. The van der Waals surface area contributed by atoms with E-state index in [1.807, 2.05) is 6.92 Å².